The van der Waals surface area contributed by atoms with Crippen molar-refractivity contribution in [3.05, 3.63) is 46.5 Å². The van der Waals surface area contributed by atoms with E-state index in [-0.39, 0.29) is 11.4 Å². The van der Waals surface area contributed by atoms with Crippen LogP contribution in [0.1, 0.15) is 36.7 Å². The highest BCUT2D eigenvalue weighted by Crippen LogP contribution is 2.22. The third-order valence-corrected chi connectivity index (χ3v) is 3.29. The third kappa shape index (κ3) is 3.45. The van der Waals surface area contributed by atoms with Gasteiger partial charge in [0.2, 0.25) is 0 Å². The Morgan fingerprint density at radius 2 is 2.06 bits per heavy atom. The van der Waals surface area contributed by atoms with Crippen LogP contribution in [0.5, 0.6) is 0 Å². The van der Waals surface area contributed by atoms with Gasteiger partial charge in [0.05, 0.1) is 0 Å². The molecule has 0 saturated heterocycles. The summed E-state index contributed by atoms with van der Waals surface area (Å²) in [4.78, 5) is 14.4. The maximum absolute atomic E-state index is 12.6. The molecule has 1 rings (SSSR count). The summed E-state index contributed by atoms with van der Waals surface area (Å²) in [6.07, 6.45) is 1.76. The summed E-state index contributed by atoms with van der Waals surface area (Å²) in [7, 11) is 0. The van der Waals surface area contributed by atoms with Crippen molar-refractivity contribution >= 4 is 21.8 Å². The Hall–Kier alpha value is -1.09. The average Bonchev–Trinajstić information content (AvgIpc) is 2.27. The summed E-state index contributed by atoms with van der Waals surface area (Å²) in [6.45, 7) is 12.3. The number of hydrogen-bond donors (Lipinski definition) is 0. The standard InChI is InChI=1S/C15H20BrNO/c1-6-9-17(15(3,4)5)14(18)13-10-12(16)8-7-11(13)2/h6-8,10H,1,9H2,2-5H3. The number of carbonyl (C=O) groups excluding carboxylic acids is 1. The lowest BCUT2D eigenvalue weighted by atomic mass is 10.0. The van der Waals surface area contributed by atoms with Crippen LogP contribution < -0.4 is 0 Å². The molecule has 2 nitrogen and oxygen atoms in total. The molecule has 98 valence electrons. The summed E-state index contributed by atoms with van der Waals surface area (Å²) >= 11 is 3.41. The van der Waals surface area contributed by atoms with E-state index in [0.717, 1.165) is 15.6 Å². The lowest BCUT2D eigenvalue weighted by Crippen LogP contribution is -2.45. The highest BCUT2D eigenvalue weighted by Gasteiger charge is 2.27. The van der Waals surface area contributed by atoms with E-state index in [1.165, 1.54) is 0 Å². The van der Waals surface area contributed by atoms with Gasteiger partial charge >= 0.3 is 0 Å². The van der Waals surface area contributed by atoms with Gasteiger partial charge in [0.1, 0.15) is 0 Å². The van der Waals surface area contributed by atoms with Crippen LogP contribution in [0.3, 0.4) is 0 Å². The molecule has 0 N–H and O–H groups in total. The van der Waals surface area contributed by atoms with Crippen molar-refractivity contribution in [1.29, 1.82) is 0 Å². The molecule has 1 aromatic rings. The van der Waals surface area contributed by atoms with Crippen molar-refractivity contribution in [1.82, 2.24) is 4.90 Å². The van der Waals surface area contributed by atoms with E-state index in [2.05, 4.69) is 22.5 Å². The molecule has 0 atom stereocenters. The van der Waals surface area contributed by atoms with Gasteiger partial charge in [-0.2, -0.15) is 0 Å². The topological polar surface area (TPSA) is 20.3 Å². The van der Waals surface area contributed by atoms with Gasteiger partial charge in [-0.1, -0.05) is 28.1 Å². The lowest BCUT2D eigenvalue weighted by Gasteiger charge is -2.35. The van der Waals surface area contributed by atoms with Gasteiger partial charge in [-0.05, 0) is 45.4 Å². The molecule has 18 heavy (non-hydrogen) atoms. The SMILES string of the molecule is C=CCN(C(=O)c1cc(Br)ccc1C)C(C)(C)C. The van der Waals surface area contributed by atoms with Crippen LogP contribution in [0.2, 0.25) is 0 Å². The second-order valence-electron chi connectivity index (χ2n) is 5.33. The van der Waals surface area contributed by atoms with Gasteiger partial charge in [-0.25, -0.2) is 0 Å². The highest BCUT2D eigenvalue weighted by atomic mass is 79.9. The fourth-order valence-electron chi connectivity index (χ4n) is 1.76. The van der Waals surface area contributed by atoms with Gasteiger partial charge in [-0.15, -0.1) is 6.58 Å². The second-order valence-corrected chi connectivity index (χ2v) is 6.25. The minimum atomic E-state index is -0.222. The molecule has 0 bridgehead atoms. The van der Waals surface area contributed by atoms with Crippen LogP contribution in [0.15, 0.2) is 35.3 Å². The Labute approximate surface area is 118 Å². The molecule has 0 aliphatic rings. The Kier molecular flexibility index (Phi) is 4.74. The van der Waals surface area contributed by atoms with Crippen LogP contribution >= 0.6 is 15.9 Å². The van der Waals surface area contributed by atoms with E-state index in [1.807, 2.05) is 50.8 Å². The largest absolute Gasteiger partial charge is 0.330 e. The zero-order chi connectivity index (χ0) is 13.9. The van der Waals surface area contributed by atoms with Crippen LogP contribution in [-0.2, 0) is 0 Å². The van der Waals surface area contributed by atoms with Gasteiger partial charge in [0.15, 0.2) is 0 Å². The van der Waals surface area contributed by atoms with Crippen LogP contribution in [0.25, 0.3) is 0 Å². The number of halogens is 1. The summed E-state index contributed by atoms with van der Waals surface area (Å²) in [5.41, 5.74) is 1.50. The molecule has 0 fully saturated rings. The average molecular weight is 310 g/mol. The molecule has 0 heterocycles. The number of carbonyl (C=O) groups is 1. The number of nitrogens with zero attached hydrogens (tertiary/aromatic N) is 1. The van der Waals surface area contributed by atoms with Crippen molar-refractivity contribution in [2.45, 2.75) is 33.2 Å². The van der Waals surface area contributed by atoms with Gasteiger partial charge in [0, 0.05) is 22.1 Å². The van der Waals surface area contributed by atoms with Crippen LogP contribution in [-0.4, -0.2) is 22.9 Å². The zero-order valence-corrected chi connectivity index (χ0v) is 13.0. The Balaban J connectivity index is 3.17. The number of rotatable bonds is 3. The summed E-state index contributed by atoms with van der Waals surface area (Å²) < 4.78 is 0.920. The normalized spacial score (nSPS) is 11.2. The van der Waals surface area contributed by atoms with Crippen molar-refractivity contribution < 1.29 is 4.79 Å². The summed E-state index contributed by atoms with van der Waals surface area (Å²) in [5.74, 6) is 0.0428. The first-order valence-corrected chi connectivity index (χ1v) is 6.75. The van der Waals surface area contributed by atoms with E-state index in [9.17, 15) is 4.79 Å². The van der Waals surface area contributed by atoms with E-state index < -0.39 is 0 Å². The van der Waals surface area contributed by atoms with Crippen molar-refractivity contribution in [2.75, 3.05) is 6.54 Å². The highest BCUT2D eigenvalue weighted by molar-refractivity contribution is 9.10. The molecule has 1 amide bonds. The summed E-state index contributed by atoms with van der Waals surface area (Å²) in [5, 5.41) is 0. The minimum absolute atomic E-state index is 0.0428. The van der Waals surface area contributed by atoms with E-state index in [4.69, 9.17) is 0 Å². The Morgan fingerprint density at radius 3 is 2.56 bits per heavy atom. The number of benzene rings is 1. The quantitative estimate of drug-likeness (QED) is 0.767. The van der Waals surface area contributed by atoms with Crippen molar-refractivity contribution in [3.8, 4) is 0 Å². The molecule has 3 heteroatoms. The van der Waals surface area contributed by atoms with Crippen LogP contribution in [0.4, 0.5) is 0 Å². The minimum Gasteiger partial charge on any atom is -0.330 e. The molecule has 0 spiro atoms. The smallest absolute Gasteiger partial charge is 0.254 e. The van der Waals surface area contributed by atoms with Gasteiger partial charge in [-0.3, -0.25) is 4.79 Å². The first-order chi connectivity index (χ1) is 8.27. The number of amides is 1. The van der Waals surface area contributed by atoms with Crippen molar-refractivity contribution in [2.24, 2.45) is 0 Å². The second kappa shape index (κ2) is 5.70. The first kappa shape index (κ1) is 15.0. The fraction of sp³-hybridized carbons (Fsp3) is 0.400. The molecule has 0 aliphatic heterocycles. The Morgan fingerprint density at radius 1 is 1.44 bits per heavy atom. The van der Waals surface area contributed by atoms with Gasteiger partial charge in [0.25, 0.3) is 5.91 Å². The van der Waals surface area contributed by atoms with Crippen molar-refractivity contribution in [3.63, 3.8) is 0 Å². The van der Waals surface area contributed by atoms with Gasteiger partial charge < -0.3 is 4.90 Å². The molecule has 0 aliphatic carbocycles. The first-order valence-electron chi connectivity index (χ1n) is 5.96. The fourth-order valence-corrected chi connectivity index (χ4v) is 2.12. The lowest BCUT2D eigenvalue weighted by molar-refractivity contribution is 0.0616. The van der Waals surface area contributed by atoms with E-state index in [0.29, 0.717) is 6.54 Å². The maximum atomic E-state index is 12.6. The maximum Gasteiger partial charge on any atom is 0.254 e. The molecule has 0 aromatic heterocycles. The monoisotopic (exact) mass is 309 g/mol. The molecule has 0 radical (unpaired) electrons. The zero-order valence-electron chi connectivity index (χ0n) is 11.5. The third-order valence-electron chi connectivity index (χ3n) is 2.80. The van der Waals surface area contributed by atoms with Crippen LogP contribution in [0, 0.1) is 6.92 Å². The Bertz CT molecular complexity index is 460. The molecule has 1 aromatic carbocycles. The predicted molar refractivity (Wildman–Crippen MR) is 79.9 cm³/mol. The number of aryl methyl sites for hydroxylation is 1. The summed E-state index contributed by atoms with van der Waals surface area (Å²) in [6, 6.07) is 5.77. The molecule has 0 unspecified atom stereocenters. The van der Waals surface area contributed by atoms with E-state index in [1.54, 1.807) is 6.08 Å². The molecular formula is C15H20BrNO. The number of hydrogen-bond acceptors (Lipinski definition) is 1. The molecular weight excluding hydrogens is 290 g/mol. The van der Waals surface area contributed by atoms with E-state index >= 15 is 0 Å². The molecule has 0 saturated carbocycles. The predicted octanol–water partition coefficient (Wildman–Crippen LogP) is 4.18.